The predicted octanol–water partition coefficient (Wildman–Crippen LogP) is -1.61. The summed E-state index contributed by atoms with van der Waals surface area (Å²) in [6.07, 6.45) is 1.57. The quantitative estimate of drug-likeness (QED) is 0.168. The first-order chi connectivity index (χ1) is 6.26. The molecule has 0 aliphatic carbocycles. The van der Waals surface area contributed by atoms with Gasteiger partial charge in [-0.25, -0.2) is 0 Å². The Morgan fingerprint density at radius 2 is 1.92 bits per heavy atom. The molecule has 0 aliphatic heterocycles. The van der Waals surface area contributed by atoms with Crippen molar-refractivity contribution >= 4 is 33.9 Å². The number of hydrogen-bond donors (Lipinski definition) is 3. The van der Waals surface area contributed by atoms with Crippen LogP contribution in [0.2, 0.25) is 0 Å². The van der Waals surface area contributed by atoms with Gasteiger partial charge in [-0.15, -0.1) is 0 Å². The van der Waals surface area contributed by atoms with Gasteiger partial charge in [-0.2, -0.15) is 0 Å². The minimum absolute atomic E-state index is 0.0385. The fourth-order valence-corrected chi connectivity index (χ4v) is 0.611. The van der Waals surface area contributed by atoms with E-state index in [4.69, 9.17) is 15.6 Å². The van der Waals surface area contributed by atoms with E-state index in [2.05, 4.69) is 25.5 Å². The fraction of sp³-hybridized carbons (Fsp3) is 0. The Bertz CT molecular complexity index is 261. The maximum absolute atomic E-state index is 8.35. The van der Waals surface area contributed by atoms with Crippen LogP contribution >= 0.6 is 0 Å². The largest absolute Gasteiger partial charge is 0.411 e. The van der Waals surface area contributed by atoms with Crippen LogP contribution in [-0.2, 0) is 4.84 Å². The van der Waals surface area contributed by atoms with Crippen LogP contribution in [0.3, 0.4) is 0 Å². The van der Waals surface area contributed by atoms with Gasteiger partial charge < -0.3 is 20.5 Å². The van der Waals surface area contributed by atoms with Crippen molar-refractivity contribution in [2.45, 2.75) is 0 Å². The molecule has 9 heteroatoms. The molecule has 0 unspecified atom stereocenters. The molecule has 0 radical (unpaired) electrons. The van der Waals surface area contributed by atoms with Crippen LogP contribution in [0.15, 0.2) is 20.6 Å². The van der Waals surface area contributed by atoms with Crippen molar-refractivity contribution in [1.29, 1.82) is 0 Å². The predicted molar refractivity (Wildman–Crippen MR) is 48.2 cm³/mol. The lowest BCUT2D eigenvalue weighted by molar-refractivity contribution is 0.277. The second-order valence-electron chi connectivity index (χ2n) is 1.73. The first-order valence-electron chi connectivity index (χ1n) is 3.02. The summed E-state index contributed by atoms with van der Waals surface area (Å²) in [5, 5.41) is 36.0. The van der Waals surface area contributed by atoms with Crippen molar-refractivity contribution in [2.24, 2.45) is 20.6 Å². The summed E-state index contributed by atoms with van der Waals surface area (Å²) >= 11 is 0. The summed E-state index contributed by atoms with van der Waals surface area (Å²) in [7, 11) is 0.385. The Morgan fingerprint density at radius 1 is 1.23 bits per heavy atom. The maximum atomic E-state index is 8.35. The van der Waals surface area contributed by atoms with Gasteiger partial charge in [-0.3, -0.25) is 0 Å². The van der Waals surface area contributed by atoms with Gasteiger partial charge >= 0.3 is 0 Å². The molecule has 0 saturated carbocycles. The van der Waals surface area contributed by atoms with Crippen molar-refractivity contribution in [3.8, 4) is 0 Å². The summed E-state index contributed by atoms with van der Waals surface area (Å²) in [6.45, 7) is 0. The molecule has 8 nitrogen and oxygen atoms in total. The molecule has 0 saturated heterocycles. The van der Waals surface area contributed by atoms with Crippen LogP contribution in [0.4, 0.5) is 0 Å². The highest BCUT2D eigenvalue weighted by Gasteiger charge is 2.01. The van der Waals surface area contributed by atoms with Crippen LogP contribution in [0.5, 0.6) is 0 Å². The van der Waals surface area contributed by atoms with Crippen LogP contribution in [0.25, 0.3) is 0 Å². The van der Waals surface area contributed by atoms with E-state index in [1.54, 1.807) is 0 Å². The lowest BCUT2D eigenvalue weighted by Crippen LogP contribution is -2.16. The van der Waals surface area contributed by atoms with Crippen molar-refractivity contribution in [3.63, 3.8) is 0 Å². The van der Waals surface area contributed by atoms with Gasteiger partial charge in [0.1, 0.15) is 5.71 Å². The van der Waals surface area contributed by atoms with Crippen LogP contribution in [-0.4, -0.2) is 49.5 Å². The molecule has 13 heavy (non-hydrogen) atoms. The second kappa shape index (κ2) is 6.79. The van der Waals surface area contributed by atoms with Crippen molar-refractivity contribution in [3.05, 3.63) is 0 Å². The number of hydrogen-bond acceptors (Lipinski definition) is 8. The summed E-state index contributed by atoms with van der Waals surface area (Å²) in [4.78, 5) is 4.29. The van der Waals surface area contributed by atoms with Gasteiger partial charge in [-0.05, 0) is 0 Å². The molecule has 0 bridgehead atoms. The van der Waals surface area contributed by atoms with E-state index < -0.39 is 0 Å². The molecule has 0 spiro atoms. The lowest BCUT2D eigenvalue weighted by Gasteiger charge is -1.94. The summed E-state index contributed by atoms with van der Waals surface area (Å²) in [6, 6.07) is 0. The van der Waals surface area contributed by atoms with E-state index in [9.17, 15) is 0 Å². The average Bonchev–Trinajstić information content (AvgIpc) is 2.16. The molecule has 72 valence electrons. The van der Waals surface area contributed by atoms with E-state index >= 15 is 0 Å². The Morgan fingerprint density at radius 3 is 2.38 bits per heavy atom. The SMILES string of the molecule is ON=CON=C(C=NO)C([SiH3])=NO. The summed E-state index contributed by atoms with van der Waals surface area (Å²) in [5.41, 5.74) is 0.0385. The molecular formula is C4H8N4O4Si. The van der Waals surface area contributed by atoms with Gasteiger partial charge in [0.15, 0.2) is 0 Å². The van der Waals surface area contributed by atoms with Gasteiger partial charge in [-0.1, -0.05) is 20.6 Å². The van der Waals surface area contributed by atoms with Gasteiger partial charge in [0.2, 0.25) is 6.40 Å². The minimum Gasteiger partial charge on any atom is -0.411 e. The van der Waals surface area contributed by atoms with Crippen molar-refractivity contribution < 1.29 is 20.5 Å². The van der Waals surface area contributed by atoms with Crippen LogP contribution in [0.1, 0.15) is 0 Å². The van der Waals surface area contributed by atoms with Gasteiger partial charge in [0.05, 0.1) is 21.8 Å². The van der Waals surface area contributed by atoms with Crippen LogP contribution < -0.4 is 0 Å². The van der Waals surface area contributed by atoms with Gasteiger partial charge in [0, 0.05) is 0 Å². The molecule has 0 aliphatic rings. The second-order valence-corrected chi connectivity index (χ2v) is 2.68. The first kappa shape index (κ1) is 11.1. The van der Waals surface area contributed by atoms with Gasteiger partial charge in [0.25, 0.3) is 0 Å². The number of oxime groups is 4. The van der Waals surface area contributed by atoms with E-state index in [-0.39, 0.29) is 11.0 Å². The molecule has 0 aromatic heterocycles. The molecule has 3 N–H and O–H groups in total. The molecule has 0 rings (SSSR count). The van der Waals surface area contributed by atoms with Crippen molar-refractivity contribution in [2.75, 3.05) is 0 Å². The third-order valence-electron chi connectivity index (χ3n) is 0.946. The average molecular weight is 204 g/mol. The van der Waals surface area contributed by atoms with E-state index in [1.807, 2.05) is 0 Å². The third kappa shape index (κ3) is 4.52. The highest BCUT2D eigenvalue weighted by Crippen LogP contribution is 1.80. The molecule has 0 amide bonds. The highest BCUT2D eigenvalue weighted by molar-refractivity contribution is 6.87. The van der Waals surface area contributed by atoms with E-state index in [1.165, 1.54) is 0 Å². The summed E-state index contributed by atoms with van der Waals surface area (Å²) in [5.74, 6) is 0. The molecule has 0 aromatic rings. The zero-order valence-corrected chi connectivity index (χ0v) is 8.69. The minimum atomic E-state index is 0.0385. The first-order valence-corrected chi connectivity index (χ1v) is 4.02. The fourth-order valence-electron chi connectivity index (χ4n) is 0.390. The Balaban J connectivity index is 4.50. The Kier molecular flexibility index (Phi) is 5.79. The molecular weight excluding hydrogens is 196 g/mol. The zero-order chi connectivity index (χ0) is 10.1. The normalized spacial score (nSPS) is 14.5. The lowest BCUT2D eigenvalue weighted by atomic mass is 10.4. The maximum Gasteiger partial charge on any atom is 0.248 e. The number of rotatable bonds is 4. The smallest absolute Gasteiger partial charge is 0.248 e. The third-order valence-corrected chi connectivity index (χ3v) is 1.66. The summed E-state index contributed by atoms with van der Waals surface area (Å²) < 4.78 is 0. The monoisotopic (exact) mass is 204 g/mol. The molecule has 0 aromatic carbocycles. The molecule has 0 atom stereocenters. The van der Waals surface area contributed by atoms with Crippen LogP contribution in [0, 0.1) is 0 Å². The number of nitrogens with zero attached hydrogens (tertiary/aromatic N) is 4. The van der Waals surface area contributed by atoms with Crippen molar-refractivity contribution in [1.82, 2.24) is 0 Å². The molecule has 0 heterocycles. The zero-order valence-electron chi connectivity index (χ0n) is 6.69. The standard InChI is InChI=1S/C4H8N4O4Si/c9-5-1-3(4(13)7-11)8-12-2-6-10/h1-2,9-11H,13H3. The van der Waals surface area contributed by atoms with E-state index in [0.29, 0.717) is 16.6 Å². The highest BCUT2D eigenvalue weighted by atomic mass is 28.1. The topological polar surface area (TPSA) is 119 Å². The Labute approximate surface area is 75.9 Å². The Hall–Kier alpha value is -1.90. The van der Waals surface area contributed by atoms with E-state index in [0.717, 1.165) is 6.21 Å². The molecule has 0 fully saturated rings.